The van der Waals surface area contributed by atoms with Gasteiger partial charge >= 0.3 is 0 Å². The molecule has 2 N–H and O–H groups in total. The van der Waals surface area contributed by atoms with Crippen LogP contribution in [0.3, 0.4) is 0 Å². The molecule has 0 aliphatic carbocycles. The van der Waals surface area contributed by atoms with Gasteiger partial charge in [0.15, 0.2) is 0 Å². The fourth-order valence-corrected chi connectivity index (χ4v) is 4.28. The van der Waals surface area contributed by atoms with E-state index in [0.717, 1.165) is 21.9 Å². The fourth-order valence-electron chi connectivity index (χ4n) is 3.40. The second-order valence-corrected chi connectivity index (χ2v) is 9.72. The minimum Gasteiger partial charge on any atom is -0.381 e. The van der Waals surface area contributed by atoms with Gasteiger partial charge < -0.3 is 10.1 Å². The van der Waals surface area contributed by atoms with E-state index in [9.17, 15) is 13.2 Å². The van der Waals surface area contributed by atoms with Gasteiger partial charge in [0.05, 0.1) is 17.4 Å². The van der Waals surface area contributed by atoms with Gasteiger partial charge in [0, 0.05) is 23.4 Å². The Hall–Kier alpha value is -1.90. The smallest absolute Gasteiger partial charge is 0.235 e. The Bertz CT molecular complexity index is 968. The number of hydrogen-bond acceptors (Lipinski definition) is 4. The number of ether oxygens (including phenoxy) is 1. The molecule has 1 amide bonds. The number of nitrogens with one attached hydrogen (secondary N) is 2. The summed E-state index contributed by atoms with van der Waals surface area (Å²) in [6.07, 6.45) is 2.27. The largest absolute Gasteiger partial charge is 0.381 e. The topological polar surface area (TPSA) is 84.5 Å². The second kappa shape index (κ2) is 8.23. The number of carbonyl (C=O) groups excluding carboxylic acids is 1. The maximum absolute atomic E-state index is 13.3. The average Bonchev–Trinajstić information content (AvgIpc) is 2.64. The van der Waals surface area contributed by atoms with Crippen LogP contribution < -0.4 is 10.0 Å². The summed E-state index contributed by atoms with van der Waals surface area (Å²) in [7, 11) is -3.41. The molecular weight excluding hydrogens is 444 g/mol. The molecule has 0 saturated carbocycles. The maximum Gasteiger partial charge on any atom is 0.235 e. The molecular formula is C20H23BrN2O4S. The van der Waals surface area contributed by atoms with Gasteiger partial charge in [-0.05, 0) is 55.2 Å². The molecule has 1 fully saturated rings. The summed E-state index contributed by atoms with van der Waals surface area (Å²) < 4.78 is 32.1. The molecule has 1 heterocycles. The maximum atomic E-state index is 13.3. The molecule has 1 saturated heterocycles. The first-order valence-electron chi connectivity index (χ1n) is 8.93. The fraction of sp³-hybridized carbons (Fsp3) is 0.350. The van der Waals surface area contributed by atoms with Gasteiger partial charge in [-0.2, -0.15) is 0 Å². The van der Waals surface area contributed by atoms with E-state index in [-0.39, 0.29) is 5.91 Å². The van der Waals surface area contributed by atoms with Crippen LogP contribution in [0.15, 0.2) is 46.9 Å². The van der Waals surface area contributed by atoms with E-state index in [1.807, 2.05) is 24.3 Å². The van der Waals surface area contributed by atoms with Crippen molar-refractivity contribution in [3.63, 3.8) is 0 Å². The number of carbonyl (C=O) groups is 1. The molecule has 6 nitrogen and oxygen atoms in total. The minimum atomic E-state index is -3.41. The van der Waals surface area contributed by atoms with Crippen LogP contribution in [-0.4, -0.2) is 33.8 Å². The highest BCUT2D eigenvalue weighted by atomic mass is 79.9. The Morgan fingerprint density at radius 1 is 1.11 bits per heavy atom. The van der Waals surface area contributed by atoms with E-state index >= 15 is 0 Å². The van der Waals surface area contributed by atoms with Gasteiger partial charge in [0.2, 0.25) is 15.9 Å². The number of sulfonamides is 1. The molecule has 1 aliphatic heterocycles. The summed E-state index contributed by atoms with van der Waals surface area (Å²) >= 11 is 3.44. The van der Waals surface area contributed by atoms with Gasteiger partial charge in [-0.15, -0.1) is 0 Å². The zero-order valence-electron chi connectivity index (χ0n) is 15.8. The van der Waals surface area contributed by atoms with Gasteiger partial charge in [0.25, 0.3) is 0 Å². The van der Waals surface area contributed by atoms with Crippen molar-refractivity contribution >= 4 is 43.2 Å². The Kier molecular flexibility index (Phi) is 6.12. The summed E-state index contributed by atoms with van der Waals surface area (Å²) in [4.78, 5) is 13.3. The third-order valence-electron chi connectivity index (χ3n) is 4.97. The lowest BCUT2D eigenvalue weighted by Gasteiger charge is -2.36. The zero-order valence-corrected chi connectivity index (χ0v) is 18.2. The van der Waals surface area contributed by atoms with E-state index < -0.39 is 15.4 Å². The molecule has 0 atom stereocenters. The quantitative estimate of drug-likeness (QED) is 0.701. The molecule has 8 heteroatoms. The van der Waals surface area contributed by atoms with Crippen LogP contribution in [0, 0.1) is 6.92 Å². The third-order valence-corrected chi connectivity index (χ3v) is 6.09. The van der Waals surface area contributed by atoms with Crippen LogP contribution in [0.5, 0.6) is 0 Å². The zero-order chi connectivity index (χ0) is 20.4. The number of anilines is 2. The normalized spacial score (nSPS) is 16.4. The minimum absolute atomic E-state index is 0.118. The van der Waals surface area contributed by atoms with Crippen molar-refractivity contribution in [3.05, 3.63) is 58.1 Å². The first-order valence-corrected chi connectivity index (χ1v) is 11.6. The van der Waals surface area contributed by atoms with E-state index in [1.165, 1.54) is 0 Å². The lowest BCUT2D eigenvalue weighted by molar-refractivity contribution is -0.125. The predicted octanol–water partition coefficient (Wildman–Crippen LogP) is 3.82. The van der Waals surface area contributed by atoms with Crippen molar-refractivity contribution in [2.75, 3.05) is 29.5 Å². The second-order valence-electron chi connectivity index (χ2n) is 7.06. The number of halogens is 1. The number of aryl methyl sites for hydroxylation is 1. The third kappa shape index (κ3) is 4.74. The van der Waals surface area contributed by atoms with Crippen molar-refractivity contribution in [1.82, 2.24) is 0 Å². The van der Waals surface area contributed by atoms with Gasteiger partial charge in [-0.3, -0.25) is 9.52 Å². The monoisotopic (exact) mass is 466 g/mol. The molecule has 0 aromatic heterocycles. The number of benzene rings is 2. The van der Waals surface area contributed by atoms with Crippen LogP contribution in [0.1, 0.15) is 24.0 Å². The van der Waals surface area contributed by atoms with Crippen molar-refractivity contribution in [2.45, 2.75) is 25.2 Å². The standard InChI is InChI=1S/C20H23BrN2O4S/c1-14-3-8-17(13-18(14)23-28(2,25)26)22-19(24)20(9-11-27-12-10-20)15-4-6-16(21)7-5-15/h3-8,13,23H,9-12H2,1-2H3,(H,22,24). The van der Waals surface area contributed by atoms with Crippen molar-refractivity contribution < 1.29 is 17.9 Å². The molecule has 0 unspecified atom stereocenters. The SMILES string of the molecule is Cc1ccc(NC(=O)C2(c3ccc(Br)cc3)CCOCC2)cc1NS(C)(=O)=O. The Morgan fingerprint density at radius 2 is 1.75 bits per heavy atom. The molecule has 28 heavy (non-hydrogen) atoms. The van der Waals surface area contributed by atoms with Crippen molar-refractivity contribution in [1.29, 1.82) is 0 Å². The summed E-state index contributed by atoms with van der Waals surface area (Å²) in [6.45, 7) is 2.83. The molecule has 0 bridgehead atoms. The van der Waals surface area contributed by atoms with Crippen molar-refractivity contribution in [2.24, 2.45) is 0 Å². The van der Waals surface area contributed by atoms with Gasteiger partial charge in [-0.1, -0.05) is 34.1 Å². The molecule has 0 spiro atoms. The highest BCUT2D eigenvalue weighted by molar-refractivity contribution is 9.10. The van der Waals surface area contributed by atoms with Crippen LogP contribution in [0.2, 0.25) is 0 Å². The van der Waals surface area contributed by atoms with Gasteiger partial charge in [0.1, 0.15) is 0 Å². The van der Waals surface area contributed by atoms with Crippen LogP contribution in [0.25, 0.3) is 0 Å². The van der Waals surface area contributed by atoms with E-state index in [1.54, 1.807) is 25.1 Å². The Labute approximate surface area is 173 Å². The number of hydrogen-bond donors (Lipinski definition) is 2. The predicted molar refractivity (Wildman–Crippen MR) is 114 cm³/mol. The first kappa shape index (κ1) is 20.8. The molecule has 3 rings (SSSR count). The molecule has 1 aliphatic rings. The van der Waals surface area contributed by atoms with Gasteiger partial charge in [-0.25, -0.2) is 8.42 Å². The van der Waals surface area contributed by atoms with Crippen LogP contribution in [-0.2, 0) is 25.0 Å². The van der Waals surface area contributed by atoms with Crippen molar-refractivity contribution in [3.8, 4) is 0 Å². The lowest BCUT2D eigenvalue weighted by atomic mass is 9.73. The molecule has 2 aromatic carbocycles. The number of rotatable bonds is 5. The molecule has 0 radical (unpaired) electrons. The number of amides is 1. The highest BCUT2D eigenvalue weighted by Gasteiger charge is 2.41. The molecule has 2 aromatic rings. The first-order chi connectivity index (χ1) is 13.2. The summed E-state index contributed by atoms with van der Waals surface area (Å²) in [5, 5.41) is 2.98. The summed E-state index contributed by atoms with van der Waals surface area (Å²) in [5.74, 6) is -0.118. The Balaban J connectivity index is 1.90. The van der Waals surface area contributed by atoms with Crippen LogP contribution >= 0.6 is 15.9 Å². The van der Waals surface area contributed by atoms with E-state index in [2.05, 4.69) is 26.0 Å². The molecule has 150 valence electrons. The lowest BCUT2D eigenvalue weighted by Crippen LogP contribution is -2.44. The van der Waals surface area contributed by atoms with E-state index in [4.69, 9.17) is 4.74 Å². The summed E-state index contributed by atoms with van der Waals surface area (Å²) in [5.41, 5.74) is 2.03. The summed E-state index contributed by atoms with van der Waals surface area (Å²) in [6, 6.07) is 13.0. The highest BCUT2D eigenvalue weighted by Crippen LogP contribution is 2.37. The van der Waals surface area contributed by atoms with E-state index in [0.29, 0.717) is 37.4 Å². The Morgan fingerprint density at radius 3 is 2.36 bits per heavy atom. The van der Waals surface area contributed by atoms with Crippen LogP contribution in [0.4, 0.5) is 11.4 Å². The average molecular weight is 467 g/mol.